The summed E-state index contributed by atoms with van der Waals surface area (Å²) >= 11 is -2.94. The van der Waals surface area contributed by atoms with Gasteiger partial charge in [-0.2, -0.15) is 0 Å². The zero-order valence-electron chi connectivity index (χ0n) is 11.2. The van der Waals surface area contributed by atoms with E-state index in [4.69, 9.17) is 12.3 Å². The normalized spacial score (nSPS) is 17.2. The quantitative estimate of drug-likeness (QED) is 0.612. The Bertz CT molecular complexity index is 266. The summed E-state index contributed by atoms with van der Waals surface area (Å²) in [5, 5.41) is 0. The van der Waals surface area contributed by atoms with Gasteiger partial charge in [-0.05, 0) is 0 Å². The summed E-state index contributed by atoms with van der Waals surface area (Å²) in [4.78, 5) is 2.12. The summed E-state index contributed by atoms with van der Waals surface area (Å²) in [5.41, 5.74) is 0. The Kier molecular flexibility index (Phi) is 6.92. The van der Waals surface area contributed by atoms with Gasteiger partial charge in [0.1, 0.15) is 0 Å². The van der Waals surface area contributed by atoms with Crippen molar-refractivity contribution in [2.45, 2.75) is 40.0 Å². The van der Waals surface area contributed by atoms with Gasteiger partial charge in [0.15, 0.2) is 0 Å². The summed E-state index contributed by atoms with van der Waals surface area (Å²) in [5.74, 6) is 0. The Morgan fingerprint density at radius 2 is 1.53 bits per heavy atom. The van der Waals surface area contributed by atoms with Gasteiger partial charge in [-0.15, -0.1) is 0 Å². The molecule has 1 heterocycles. The Labute approximate surface area is 108 Å². The molecule has 0 radical (unpaired) electrons. The summed E-state index contributed by atoms with van der Waals surface area (Å²) in [6, 6.07) is 0. The SMILES string of the molecule is CCCO[C]1=CC=[CH][Ge]1([O]CCC)[O]CCC. The van der Waals surface area contributed by atoms with Crippen molar-refractivity contribution in [1.82, 2.24) is 0 Å². The first-order valence-corrected chi connectivity index (χ1v) is 10.6. The van der Waals surface area contributed by atoms with E-state index < -0.39 is 13.9 Å². The van der Waals surface area contributed by atoms with Crippen molar-refractivity contribution in [2.24, 2.45) is 0 Å². The maximum atomic E-state index is 6.04. The van der Waals surface area contributed by atoms with Crippen LogP contribution in [0.25, 0.3) is 0 Å². The Morgan fingerprint density at radius 3 is 2.06 bits per heavy atom. The van der Waals surface area contributed by atoms with Gasteiger partial charge < -0.3 is 0 Å². The van der Waals surface area contributed by atoms with Crippen LogP contribution in [0.4, 0.5) is 0 Å². The summed E-state index contributed by atoms with van der Waals surface area (Å²) < 4.78 is 18.8. The van der Waals surface area contributed by atoms with Crippen LogP contribution in [0.5, 0.6) is 0 Å². The molecule has 98 valence electrons. The van der Waals surface area contributed by atoms with E-state index in [1.807, 2.05) is 12.2 Å². The molecule has 0 N–H and O–H groups in total. The molecule has 4 heteroatoms. The molecule has 0 unspecified atom stereocenters. The standard InChI is InChI=1S/C13H24GeO3/c1-4-10-15-13-8-7-9-14(13,16-11-5-2)17-12-6-3/h7-9H,4-6,10-12H2,1-3H3. The molecule has 0 saturated carbocycles. The van der Waals surface area contributed by atoms with Crippen LogP contribution in [-0.4, -0.2) is 33.8 Å². The monoisotopic (exact) mass is 302 g/mol. The number of hydrogen-bond donors (Lipinski definition) is 0. The molecular weight excluding hydrogens is 277 g/mol. The predicted octanol–water partition coefficient (Wildman–Crippen LogP) is 3.24. The fourth-order valence-electron chi connectivity index (χ4n) is 1.61. The molecule has 1 aliphatic heterocycles. The van der Waals surface area contributed by atoms with Crippen LogP contribution in [0.2, 0.25) is 0 Å². The number of rotatable bonds is 9. The summed E-state index contributed by atoms with van der Waals surface area (Å²) in [6.45, 7) is 8.58. The van der Waals surface area contributed by atoms with E-state index >= 15 is 0 Å². The summed E-state index contributed by atoms with van der Waals surface area (Å²) in [6.07, 6.45) is 7.07. The summed E-state index contributed by atoms with van der Waals surface area (Å²) in [7, 11) is 0. The molecule has 0 spiro atoms. The van der Waals surface area contributed by atoms with Crippen molar-refractivity contribution in [3.05, 3.63) is 21.7 Å². The van der Waals surface area contributed by atoms with E-state index in [-0.39, 0.29) is 0 Å². The second-order valence-electron chi connectivity index (χ2n) is 4.10. The zero-order chi connectivity index (χ0) is 12.6. The van der Waals surface area contributed by atoms with Crippen molar-refractivity contribution < 1.29 is 12.3 Å². The van der Waals surface area contributed by atoms with E-state index in [2.05, 4.69) is 25.7 Å². The van der Waals surface area contributed by atoms with Gasteiger partial charge in [0.05, 0.1) is 0 Å². The topological polar surface area (TPSA) is 27.7 Å². The minimum absolute atomic E-state index is 0.742. The molecule has 0 aliphatic carbocycles. The van der Waals surface area contributed by atoms with Crippen LogP contribution in [-0.2, 0) is 12.3 Å². The Hall–Kier alpha value is -0.257. The van der Waals surface area contributed by atoms with Crippen molar-refractivity contribution in [1.29, 1.82) is 0 Å². The van der Waals surface area contributed by atoms with Gasteiger partial charge in [-0.1, -0.05) is 0 Å². The molecule has 0 fully saturated rings. The maximum absolute atomic E-state index is 6.04. The molecule has 3 nitrogen and oxygen atoms in total. The molecule has 1 aliphatic rings. The van der Waals surface area contributed by atoms with E-state index in [0.717, 1.165) is 43.7 Å². The molecule has 0 aromatic heterocycles. The van der Waals surface area contributed by atoms with Gasteiger partial charge in [0, 0.05) is 0 Å². The number of hydrogen-bond acceptors (Lipinski definition) is 3. The van der Waals surface area contributed by atoms with Crippen molar-refractivity contribution >= 4 is 13.9 Å². The van der Waals surface area contributed by atoms with E-state index in [1.165, 1.54) is 0 Å². The van der Waals surface area contributed by atoms with Gasteiger partial charge in [0.25, 0.3) is 0 Å². The van der Waals surface area contributed by atoms with Crippen LogP contribution in [0, 0.1) is 0 Å². The first kappa shape index (κ1) is 14.8. The van der Waals surface area contributed by atoms with Crippen LogP contribution < -0.4 is 0 Å². The molecular formula is C13H24GeO3. The number of allylic oxidation sites excluding steroid dienone is 2. The second kappa shape index (κ2) is 7.95. The van der Waals surface area contributed by atoms with Crippen LogP contribution >= 0.6 is 0 Å². The third-order valence-electron chi connectivity index (χ3n) is 2.41. The molecule has 0 atom stereocenters. The van der Waals surface area contributed by atoms with Crippen molar-refractivity contribution in [2.75, 3.05) is 19.8 Å². The zero-order valence-corrected chi connectivity index (χ0v) is 13.3. The van der Waals surface area contributed by atoms with Crippen molar-refractivity contribution in [3.63, 3.8) is 0 Å². The Morgan fingerprint density at radius 1 is 0.941 bits per heavy atom. The first-order valence-electron chi connectivity index (χ1n) is 6.59. The van der Waals surface area contributed by atoms with Crippen LogP contribution in [0.1, 0.15) is 40.0 Å². The average molecular weight is 301 g/mol. The van der Waals surface area contributed by atoms with Gasteiger partial charge in [-0.3, -0.25) is 0 Å². The van der Waals surface area contributed by atoms with Crippen LogP contribution in [0.3, 0.4) is 0 Å². The Balaban J connectivity index is 2.66. The fraction of sp³-hybridized carbons (Fsp3) is 0.692. The van der Waals surface area contributed by atoms with Crippen molar-refractivity contribution in [3.8, 4) is 0 Å². The molecule has 1 rings (SSSR count). The molecule has 0 bridgehead atoms. The van der Waals surface area contributed by atoms with E-state index in [0.29, 0.717) is 0 Å². The third kappa shape index (κ3) is 4.16. The average Bonchev–Trinajstić information content (AvgIpc) is 2.75. The first-order chi connectivity index (χ1) is 8.29. The molecule has 0 saturated heterocycles. The predicted molar refractivity (Wildman–Crippen MR) is 71.7 cm³/mol. The van der Waals surface area contributed by atoms with Gasteiger partial charge >= 0.3 is 108 Å². The second-order valence-corrected chi connectivity index (χ2v) is 9.85. The minimum atomic E-state index is -2.94. The van der Waals surface area contributed by atoms with E-state index in [9.17, 15) is 0 Å². The third-order valence-corrected chi connectivity index (χ3v) is 8.48. The van der Waals surface area contributed by atoms with Gasteiger partial charge in [0.2, 0.25) is 0 Å². The molecule has 0 aromatic rings. The fourth-order valence-corrected chi connectivity index (χ4v) is 7.32. The molecule has 17 heavy (non-hydrogen) atoms. The van der Waals surface area contributed by atoms with Crippen LogP contribution in [0.15, 0.2) is 21.7 Å². The van der Waals surface area contributed by atoms with Gasteiger partial charge in [-0.25, -0.2) is 0 Å². The molecule has 0 amide bonds. The van der Waals surface area contributed by atoms with E-state index in [1.54, 1.807) is 0 Å². The molecule has 0 aromatic carbocycles. The number of ether oxygens (including phenoxy) is 1.